The number of carbonyl (C=O) groups excluding carboxylic acids is 1. The number of likely N-dealkylation sites (N-methyl/N-ethyl adjacent to an activating group) is 1. The van der Waals surface area contributed by atoms with Gasteiger partial charge < -0.3 is 4.74 Å². The average Bonchev–Trinajstić information content (AvgIpc) is 2.26. The number of nitrogens with zero attached hydrogens (tertiary/aromatic N) is 1. The lowest BCUT2D eigenvalue weighted by Crippen LogP contribution is -2.29. The summed E-state index contributed by atoms with van der Waals surface area (Å²) in [5.74, 6) is -2.22. The molecule has 0 saturated heterocycles. The van der Waals surface area contributed by atoms with Crippen LogP contribution in [0.25, 0.3) is 0 Å². The van der Waals surface area contributed by atoms with E-state index >= 15 is 0 Å². The summed E-state index contributed by atoms with van der Waals surface area (Å²) in [5.41, 5.74) is -0.475. The Kier molecular flexibility index (Phi) is 5.18. The van der Waals surface area contributed by atoms with Crippen molar-refractivity contribution in [1.82, 2.24) is 4.90 Å². The second kappa shape index (κ2) is 6.42. The van der Waals surface area contributed by atoms with Gasteiger partial charge in [0.15, 0.2) is 5.78 Å². The van der Waals surface area contributed by atoms with Gasteiger partial charge >= 0.3 is 0 Å². The molecule has 0 fully saturated rings. The molecule has 0 aliphatic carbocycles. The summed E-state index contributed by atoms with van der Waals surface area (Å²) in [7, 11) is 3.24. The molecule has 0 bridgehead atoms. The lowest BCUT2D eigenvalue weighted by Gasteiger charge is -2.15. The zero-order valence-electron chi connectivity index (χ0n) is 9.87. The van der Waals surface area contributed by atoms with Crippen molar-refractivity contribution in [3.8, 4) is 0 Å². The minimum Gasteiger partial charge on any atom is -0.383 e. The van der Waals surface area contributed by atoms with Crippen LogP contribution in [-0.4, -0.2) is 44.5 Å². The summed E-state index contributed by atoms with van der Waals surface area (Å²) >= 11 is 0. The first kappa shape index (κ1) is 13.7. The van der Waals surface area contributed by atoms with E-state index in [-0.39, 0.29) is 6.54 Å². The van der Waals surface area contributed by atoms with Crippen LogP contribution in [0.2, 0.25) is 0 Å². The minimum atomic E-state index is -0.824. The molecular weight excluding hydrogens is 228 g/mol. The molecule has 5 heteroatoms. The van der Waals surface area contributed by atoms with Crippen LogP contribution < -0.4 is 0 Å². The van der Waals surface area contributed by atoms with Gasteiger partial charge in [0.2, 0.25) is 0 Å². The van der Waals surface area contributed by atoms with Crippen LogP contribution in [0.3, 0.4) is 0 Å². The molecule has 0 radical (unpaired) electrons. The number of ether oxygens (including phenoxy) is 1. The van der Waals surface area contributed by atoms with Crippen LogP contribution in [0, 0.1) is 11.6 Å². The predicted octanol–water partition coefficient (Wildman–Crippen LogP) is 1.73. The predicted molar refractivity (Wildman–Crippen MR) is 60.1 cm³/mol. The number of benzene rings is 1. The van der Waals surface area contributed by atoms with E-state index in [1.165, 1.54) is 6.07 Å². The van der Waals surface area contributed by atoms with Gasteiger partial charge in [0, 0.05) is 13.7 Å². The van der Waals surface area contributed by atoms with Gasteiger partial charge in [0.25, 0.3) is 0 Å². The van der Waals surface area contributed by atoms with Crippen molar-refractivity contribution in [2.24, 2.45) is 0 Å². The summed E-state index contributed by atoms with van der Waals surface area (Å²) in [6.45, 7) is 0.947. The number of hydrogen-bond donors (Lipinski definition) is 0. The van der Waals surface area contributed by atoms with Crippen molar-refractivity contribution >= 4 is 5.78 Å². The molecule has 3 nitrogen and oxygen atoms in total. The van der Waals surface area contributed by atoms with Crippen LogP contribution in [-0.2, 0) is 4.74 Å². The number of methoxy groups -OCH3 is 1. The monoisotopic (exact) mass is 243 g/mol. The Morgan fingerprint density at radius 1 is 1.35 bits per heavy atom. The van der Waals surface area contributed by atoms with Crippen molar-refractivity contribution < 1.29 is 18.3 Å². The number of Topliss-reactive ketones (excluding diaryl/α,β-unsaturated/α-hetero) is 1. The molecule has 0 N–H and O–H groups in total. The third-order valence-electron chi connectivity index (χ3n) is 2.33. The molecule has 0 spiro atoms. The van der Waals surface area contributed by atoms with Gasteiger partial charge in [-0.2, -0.15) is 0 Å². The average molecular weight is 243 g/mol. The summed E-state index contributed by atoms with van der Waals surface area (Å²) < 4.78 is 31.4. The molecule has 0 amide bonds. The highest BCUT2D eigenvalue weighted by atomic mass is 19.1. The van der Waals surface area contributed by atoms with E-state index < -0.39 is 23.0 Å². The Hall–Kier alpha value is -1.33. The highest BCUT2D eigenvalue weighted by Gasteiger charge is 2.18. The van der Waals surface area contributed by atoms with Crippen molar-refractivity contribution in [2.45, 2.75) is 0 Å². The molecule has 0 aromatic heterocycles. The Morgan fingerprint density at radius 3 is 2.47 bits per heavy atom. The maximum Gasteiger partial charge on any atom is 0.182 e. The first-order chi connectivity index (χ1) is 8.06. The first-order valence-corrected chi connectivity index (χ1v) is 5.21. The Labute approximate surface area is 99.0 Å². The lowest BCUT2D eigenvalue weighted by molar-refractivity contribution is 0.0914. The second-order valence-electron chi connectivity index (χ2n) is 3.75. The maximum absolute atomic E-state index is 13.3. The molecule has 0 aliphatic heterocycles. The van der Waals surface area contributed by atoms with Gasteiger partial charge in [-0.25, -0.2) is 8.78 Å². The summed E-state index contributed by atoms with van der Waals surface area (Å²) in [5, 5.41) is 0. The smallest absolute Gasteiger partial charge is 0.182 e. The molecule has 1 rings (SSSR count). The fraction of sp³-hybridized carbons (Fsp3) is 0.417. The van der Waals surface area contributed by atoms with Crippen molar-refractivity contribution in [3.63, 3.8) is 0 Å². The molecule has 17 heavy (non-hydrogen) atoms. The summed E-state index contributed by atoms with van der Waals surface area (Å²) in [6.07, 6.45) is 0. The normalized spacial score (nSPS) is 10.9. The summed E-state index contributed by atoms with van der Waals surface area (Å²) in [6, 6.07) is 3.38. The van der Waals surface area contributed by atoms with E-state index in [1.807, 2.05) is 0 Å². The van der Waals surface area contributed by atoms with Crippen LogP contribution in [0.5, 0.6) is 0 Å². The van der Waals surface area contributed by atoms with E-state index in [4.69, 9.17) is 4.74 Å². The largest absolute Gasteiger partial charge is 0.383 e. The fourth-order valence-electron chi connectivity index (χ4n) is 1.41. The lowest BCUT2D eigenvalue weighted by atomic mass is 10.1. The Bertz CT molecular complexity index is 376. The van der Waals surface area contributed by atoms with Crippen molar-refractivity contribution in [1.29, 1.82) is 0 Å². The Balaban J connectivity index is 2.70. The molecule has 1 aromatic carbocycles. The SMILES string of the molecule is COCCN(C)CC(=O)c1c(F)cccc1F. The third kappa shape index (κ3) is 3.87. The first-order valence-electron chi connectivity index (χ1n) is 5.21. The standard InChI is InChI=1S/C12H15F2NO2/c1-15(6-7-17-2)8-11(16)12-9(13)4-3-5-10(12)14/h3-5H,6-8H2,1-2H3. The maximum atomic E-state index is 13.3. The molecule has 0 aliphatic rings. The minimum absolute atomic E-state index is 0.0405. The van der Waals surface area contributed by atoms with E-state index in [0.717, 1.165) is 12.1 Å². The van der Waals surface area contributed by atoms with Gasteiger partial charge in [-0.1, -0.05) is 6.07 Å². The molecule has 0 atom stereocenters. The number of hydrogen-bond acceptors (Lipinski definition) is 3. The highest BCUT2D eigenvalue weighted by Crippen LogP contribution is 2.13. The Morgan fingerprint density at radius 2 is 1.94 bits per heavy atom. The van der Waals surface area contributed by atoms with Gasteiger partial charge in [0.1, 0.15) is 11.6 Å². The molecule has 0 saturated carbocycles. The quantitative estimate of drug-likeness (QED) is 0.712. The van der Waals surface area contributed by atoms with Gasteiger partial charge in [-0.15, -0.1) is 0 Å². The summed E-state index contributed by atoms with van der Waals surface area (Å²) in [4.78, 5) is 13.3. The fourth-order valence-corrected chi connectivity index (χ4v) is 1.41. The highest BCUT2D eigenvalue weighted by molar-refractivity contribution is 5.98. The van der Waals surface area contributed by atoms with E-state index in [2.05, 4.69) is 0 Å². The van der Waals surface area contributed by atoms with Crippen LogP contribution >= 0.6 is 0 Å². The van der Waals surface area contributed by atoms with E-state index in [1.54, 1.807) is 19.1 Å². The number of rotatable bonds is 6. The third-order valence-corrected chi connectivity index (χ3v) is 2.33. The van der Waals surface area contributed by atoms with Crippen molar-refractivity contribution in [2.75, 3.05) is 33.9 Å². The van der Waals surface area contributed by atoms with Crippen molar-refractivity contribution in [3.05, 3.63) is 35.4 Å². The van der Waals surface area contributed by atoms with E-state index in [9.17, 15) is 13.6 Å². The van der Waals surface area contributed by atoms with Crippen LogP contribution in [0.4, 0.5) is 8.78 Å². The molecule has 1 aromatic rings. The molecular formula is C12H15F2NO2. The number of halogens is 2. The van der Waals surface area contributed by atoms with Gasteiger partial charge in [-0.05, 0) is 19.2 Å². The van der Waals surface area contributed by atoms with E-state index in [0.29, 0.717) is 13.2 Å². The second-order valence-corrected chi connectivity index (χ2v) is 3.75. The molecule has 94 valence electrons. The zero-order chi connectivity index (χ0) is 12.8. The molecule has 0 unspecified atom stereocenters. The van der Waals surface area contributed by atoms with Crippen LogP contribution in [0.15, 0.2) is 18.2 Å². The van der Waals surface area contributed by atoms with Crippen LogP contribution in [0.1, 0.15) is 10.4 Å². The number of carbonyl (C=O) groups is 1. The number of ketones is 1. The zero-order valence-corrected chi connectivity index (χ0v) is 9.87. The molecule has 0 heterocycles. The van der Waals surface area contributed by atoms with Gasteiger partial charge in [0.05, 0.1) is 18.7 Å². The van der Waals surface area contributed by atoms with Gasteiger partial charge in [-0.3, -0.25) is 9.69 Å². The topological polar surface area (TPSA) is 29.5 Å².